The van der Waals surface area contributed by atoms with Crippen molar-refractivity contribution in [3.05, 3.63) is 64.7 Å². The number of imide groups is 1. The molecule has 0 radical (unpaired) electrons. The van der Waals surface area contributed by atoms with Crippen molar-refractivity contribution in [1.29, 1.82) is 0 Å². The maximum atomic E-state index is 13.4. The fourth-order valence-corrected chi connectivity index (χ4v) is 4.64. The van der Waals surface area contributed by atoms with Crippen LogP contribution >= 0.6 is 0 Å². The second-order valence-electron chi connectivity index (χ2n) is 8.65. The minimum atomic E-state index is -1.07. The van der Waals surface area contributed by atoms with E-state index in [4.69, 9.17) is 0 Å². The van der Waals surface area contributed by atoms with Crippen LogP contribution in [0.3, 0.4) is 0 Å². The van der Waals surface area contributed by atoms with Gasteiger partial charge in [-0.2, -0.15) is 0 Å². The molecule has 2 aromatic carbocycles. The monoisotopic (exact) mass is 433 g/mol. The van der Waals surface area contributed by atoms with Crippen LogP contribution in [0.25, 0.3) is 0 Å². The van der Waals surface area contributed by atoms with E-state index in [2.05, 4.69) is 10.6 Å². The van der Waals surface area contributed by atoms with Crippen LogP contribution in [0.1, 0.15) is 63.9 Å². The molecule has 1 aliphatic carbocycles. The number of nitrogens with one attached hydrogen (secondary N) is 2. The summed E-state index contributed by atoms with van der Waals surface area (Å²) in [5.41, 5.74) is 2.17. The van der Waals surface area contributed by atoms with Crippen molar-refractivity contribution < 1.29 is 19.2 Å². The Balaban J connectivity index is 1.52. The van der Waals surface area contributed by atoms with Gasteiger partial charge in [0.2, 0.25) is 11.8 Å². The summed E-state index contributed by atoms with van der Waals surface area (Å²) < 4.78 is 0. The van der Waals surface area contributed by atoms with Crippen LogP contribution < -0.4 is 10.6 Å². The fraction of sp³-hybridized carbons (Fsp3) is 0.360. The molecule has 1 heterocycles. The highest BCUT2D eigenvalue weighted by atomic mass is 16.2. The summed E-state index contributed by atoms with van der Waals surface area (Å²) in [6.45, 7) is 3.44. The van der Waals surface area contributed by atoms with E-state index in [1.807, 2.05) is 32.0 Å². The largest absolute Gasteiger partial charge is 0.340 e. The van der Waals surface area contributed by atoms with Crippen molar-refractivity contribution in [3.63, 3.8) is 0 Å². The lowest BCUT2D eigenvalue weighted by Crippen LogP contribution is -2.59. The van der Waals surface area contributed by atoms with Gasteiger partial charge in [-0.25, -0.2) is 0 Å². The summed E-state index contributed by atoms with van der Waals surface area (Å²) in [7, 11) is 0. The van der Waals surface area contributed by atoms with Crippen LogP contribution in [0.2, 0.25) is 0 Å². The third kappa shape index (κ3) is 3.90. The third-order valence-corrected chi connectivity index (χ3v) is 6.42. The van der Waals surface area contributed by atoms with Gasteiger partial charge in [-0.3, -0.25) is 24.1 Å². The maximum Gasteiger partial charge on any atom is 0.262 e. The first kappa shape index (κ1) is 21.7. The van der Waals surface area contributed by atoms with Gasteiger partial charge in [-0.15, -0.1) is 0 Å². The normalized spacial score (nSPS) is 17.1. The van der Waals surface area contributed by atoms with Gasteiger partial charge in [-0.05, 0) is 49.9 Å². The molecule has 2 aliphatic rings. The molecule has 7 heteroatoms. The van der Waals surface area contributed by atoms with Gasteiger partial charge in [0.05, 0.1) is 11.1 Å². The topological polar surface area (TPSA) is 95.6 Å². The number of nitrogens with zero attached hydrogens (tertiary/aromatic N) is 1. The number of rotatable bonds is 5. The molecule has 0 bridgehead atoms. The Morgan fingerprint density at radius 3 is 2.00 bits per heavy atom. The highest BCUT2D eigenvalue weighted by Crippen LogP contribution is 2.31. The summed E-state index contributed by atoms with van der Waals surface area (Å²) in [6.07, 6.45) is 3.64. The minimum Gasteiger partial charge on any atom is -0.340 e. The summed E-state index contributed by atoms with van der Waals surface area (Å²) in [5, 5.41) is 5.91. The van der Waals surface area contributed by atoms with Crippen molar-refractivity contribution in [3.8, 4) is 0 Å². The predicted octanol–water partition coefficient (Wildman–Crippen LogP) is 3.36. The SMILES string of the molecule is Cc1cccc(C)c1NC(=O)C1(NC(=O)CN2C(=O)c3ccccc3C2=O)CCCCC1. The quantitative estimate of drug-likeness (QED) is 0.707. The molecule has 0 aromatic heterocycles. The first-order chi connectivity index (χ1) is 15.3. The van der Waals surface area contributed by atoms with Gasteiger partial charge in [0.1, 0.15) is 12.1 Å². The number of fused-ring (bicyclic) bond motifs is 1. The standard InChI is InChI=1S/C25H27N3O4/c1-16-9-8-10-17(2)21(16)26-24(32)25(13-6-3-7-14-25)27-20(29)15-28-22(30)18-11-4-5-12-19(18)23(28)31/h4-5,8-12H,3,6-7,13-15H2,1-2H3,(H,26,32)(H,27,29). The highest BCUT2D eigenvalue weighted by Gasteiger charge is 2.43. The summed E-state index contributed by atoms with van der Waals surface area (Å²) in [6, 6.07) is 12.3. The second-order valence-corrected chi connectivity index (χ2v) is 8.65. The molecule has 166 valence electrons. The molecule has 0 saturated heterocycles. The molecule has 2 aromatic rings. The van der Waals surface area contributed by atoms with E-state index in [0.29, 0.717) is 24.0 Å². The average molecular weight is 434 g/mol. The van der Waals surface area contributed by atoms with Crippen molar-refractivity contribution in [1.82, 2.24) is 10.2 Å². The molecule has 7 nitrogen and oxygen atoms in total. The van der Waals surface area contributed by atoms with Crippen LogP contribution in [0, 0.1) is 13.8 Å². The lowest BCUT2D eigenvalue weighted by atomic mass is 9.80. The molecule has 4 rings (SSSR count). The number of carbonyl (C=O) groups is 4. The molecular formula is C25H27N3O4. The summed E-state index contributed by atoms with van der Waals surface area (Å²) in [5.74, 6) is -1.75. The molecule has 0 atom stereocenters. The lowest BCUT2D eigenvalue weighted by Gasteiger charge is -2.37. The second kappa shape index (κ2) is 8.57. The van der Waals surface area contributed by atoms with Crippen LogP contribution in [0.5, 0.6) is 0 Å². The number of hydrogen-bond donors (Lipinski definition) is 2. The van der Waals surface area contributed by atoms with Gasteiger partial charge >= 0.3 is 0 Å². The molecule has 2 N–H and O–H groups in total. The lowest BCUT2D eigenvalue weighted by molar-refractivity contribution is -0.131. The van der Waals surface area contributed by atoms with Gasteiger partial charge < -0.3 is 10.6 Å². The molecule has 1 aliphatic heterocycles. The van der Waals surface area contributed by atoms with E-state index < -0.39 is 29.8 Å². The van der Waals surface area contributed by atoms with Crippen LogP contribution in [0.4, 0.5) is 5.69 Å². The van der Waals surface area contributed by atoms with Crippen LogP contribution in [0.15, 0.2) is 42.5 Å². The zero-order valence-electron chi connectivity index (χ0n) is 18.4. The number of carbonyl (C=O) groups excluding carboxylic acids is 4. The van der Waals surface area contributed by atoms with E-state index in [1.54, 1.807) is 24.3 Å². The van der Waals surface area contributed by atoms with Gasteiger partial charge in [-0.1, -0.05) is 49.6 Å². The van der Waals surface area contributed by atoms with Gasteiger partial charge in [0.15, 0.2) is 0 Å². The highest BCUT2D eigenvalue weighted by molar-refractivity contribution is 6.22. The number of anilines is 1. The molecule has 0 unspecified atom stereocenters. The molecular weight excluding hydrogens is 406 g/mol. The maximum absolute atomic E-state index is 13.4. The molecule has 1 fully saturated rings. The Morgan fingerprint density at radius 2 is 1.44 bits per heavy atom. The molecule has 4 amide bonds. The zero-order chi connectivity index (χ0) is 22.9. The van der Waals surface area contributed by atoms with E-state index in [9.17, 15) is 19.2 Å². The van der Waals surface area contributed by atoms with Crippen LogP contribution in [-0.4, -0.2) is 40.6 Å². The number of hydrogen-bond acceptors (Lipinski definition) is 4. The summed E-state index contributed by atoms with van der Waals surface area (Å²) >= 11 is 0. The Morgan fingerprint density at radius 1 is 0.875 bits per heavy atom. The van der Waals surface area contributed by atoms with Gasteiger partial charge in [0, 0.05) is 5.69 Å². The number of amides is 4. The Hall–Kier alpha value is -3.48. The molecule has 1 saturated carbocycles. The third-order valence-electron chi connectivity index (χ3n) is 6.42. The minimum absolute atomic E-state index is 0.259. The van der Waals surface area contributed by atoms with E-state index in [1.165, 1.54) is 0 Å². The fourth-order valence-electron chi connectivity index (χ4n) is 4.64. The van der Waals surface area contributed by atoms with E-state index in [0.717, 1.165) is 41.0 Å². The van der Waals surface area contributed by atoms with Crippen molar-refractivity contribution in [2.24, 2.45) is 0 Å². The number of para-hydroxylation sites is 1. The number of aryl methyl sites for hydroxylation is 2. The van der Waals surface area contributed by atoms with E-state index in [-0.39, 0.29) is 5.91 Å². The van der Waals surface area contributed by atoms with Gasteiger partial charge in [0.25, 0.3) is 11.8 Å². The Labute approximate surface area is 187 Å². The Kier molecular flexibility index (Phi) is 5.82. The average Bonchev–Trinajstić information content (AvgIpc) is 3.02. The zero-order valence-corrected chi connectivity index (χ0v) is 18.4. The van der Waals surface area contributed by atoms with Crippen molar-refractivity contribution in [2.75, 3.05) is 11.9 Å². The summed E-state index contributed by atoms with van der Waals surface area (Å²) in [4.78, 5) is 52.5. The smallest absolute Gasteiger partial charge is 0.262 e. The predicted molar refractivity (Wildman–Crippen MR) is 120 cm³/mol. The van der Waals surface area contributed by atoms with E-state index >= 15 is 0 Å². The first-order valence-electron chi connectivity index (χ1n) is 11.0. The number of benzene rings is 2. The Bertz CT molecular complexity index is 1050. The van der Waals surface area contributed by atoms with Crippen molar-refractivity contribution in [2.45, 2.75) is 51.5 Å². The first-order valence-corrected chi connectivity index (χ1v) is 11.0. The molecule has 0 spiro atoms. The van der Waals surface area contributed by atoms with Crippen molar-refractivity contribution >= 4 is 29.3 Å². The van der Waals surface area contributed by atoms with Crippen LogP contribution in [-0.2, 0) is 9.59 Å². The molecule has 32 heavy (non-hydrogen) atoms.